The number of aryl methyl sites for hydroxylation is 1. The minimum absolute atomic E-state index is 0. The van der Waals surface area contributed by atoms with Gasteiger partial charge < -0.3 is 5.48 Å². The van der Waals surface area contributed by atoms with Gasteiger partial charge in [-0.05, 0) is 17.7 Å². The largest absolute Gasteiger partial charge is 0.412 e. The predicted octanol–water partition coefficient (Wildman–Crippen LogP) is 0.962. The summed E-state index contributed by atoms with van der Waals surface area (Å²) in [6, 6.07) is 5.33. The number of hydrogen-bond acceptors (Lipinski definition) is 2. The van der Waals surface area contributed by atoms with E-state index in [1.807, 2.05) is 6.07 Å². The van der Waals surface area contributed by atoms with Gasteiger partial charge in [0.15, 0.2) is 0 Å². The molecule has 6 heteroatoms. The van der Waals surface area contributed by atoms with Gasteiger partial charge in [-0.25, -0.2) is 0 Å². The van der Waals surface area contributed by atoms with E-state index in [0.29, 0.717) is 5.56 Å². The second-order valence-electron chi connectivity index (χ2n) is 4.68. The van der Waals surface area contributed by atoms with Crippen molar-refractivity contribution in [1.29, 1.82) is 0 Å². The van der Waals surface area contributed by atoms with Gasteiger partial charge in [-0.3, -0.25) is 4.55 Å². The lowest BCUT2D eigenvalue weighted by molar-refractivity contribution is 0.483. The molecule has 0 bridgehead atoms. The highest BCUT2D eigenvalue weighted by molar-refractivity contribution is 7.86. The summed E-state index contributed by atoms with van der Waals surface area (Å²) >= 11 is 0. The molecule has 0 aromatic heterocycles. The normalized spacial score (nSPS) is 12.1. The van der Waals surface area contributed by atoms with Gasteiger partial charge in [0.2, 0.25) is 0 Å². The van der Waals surface area contributed by atoms with E-state index in [4.69, 9.17) is 0 Å². The molecular formula is C10H18O4SSi. The van der Waals surface area contributed by atoms with Crippen molar-refractivity contribution in [2.24, 2.45) is 0 Å². The van der Waals surface area contributed by atoms with Crippen molar-refractivity contribution in [2.45, 2.75) is 31.5 Å². The molecule has 0 unspecified atom stereocenters. The summed E-state index contributed by atoms with van der Waals surface area (Å²) in [6.07, 6.45) is 0. The number of rotatable bonds is 2. The second kappa shape index (κ2) is 4.66. The summed E-state index contributed by atoms with van der Waals surface area (Å²) in [5, 5.41) is 0.782. The van der Waals surface area contributed by atoms with Gasteiger partial charge in [0.1, 0.15) is 0 Å². The van der Waals surface area contributed by atoms with Gasteiger partial charge in [0.05, 0.1) is 13.0 Å². The van der Waals surface area contributed by atoms with Crippen LogP contribution >= 0.6 is 0 Å². The zero-order valence-electron chi connectivity index (χ0n) is 9.90. The summed E-state index contributed by atoms with van der Waals surface area (Å²) in [5.41, 5.74) is 0.609. The van der Waals surface area contributed by atoms with Gasteiger partial charge in [-0.15, -0.1) is 0 Å². The van der Waals surface area contributed by atoms with Crippen molar-refractivity contribution in [2.75, 3.05) is 0 Å². The molecule has 16 heavy (non-hydrogen) atoms. The van der Waals surface area contributed by atoms with Crippen LogP contribution in [-0.4, -0.2) is 26.5 Å². The van der Waals surface area contributed by atoms with Crippen molar-refractivity contribution < 1.29 is 18.4 Å². The van der Waals surface area contributed by atoms with E-state index in [9.17, 15) is 13.0 Å². The third-order valence-electron chi connectivity index (χ3n) is 2.28. The molecule has 0 aliphatic heterocycles. The van der Waals surface area contributed by atoms with E-state index in [-0.39, 0.29) is 10.4 Å². The molecule has 0 aliphatic carbocycles. The van der Waals surface area contributed by atoms with Crippen LogP contribution in [0.4, 0.5) is 0 Å². The lowest BCUT2D eigenvalue weighted by Crippen LogP contribution is -2.41. The maximum Gasteiger partial charge on any atom is 0.294 e. The molecule has 1 aromatic rings. The van der Waals surface area contributed by atoms with Crippen molar-refractivity contribution >= 4 is 23.4 Å². The topological polar surface area (TPSA) is 85.9 Å². The smallest absolute Gasteiger partial charge is 0.294 e. The molecule has 3 N–H and O–H groups in total. The third kappa shape index (κ3) is 3.15. The van der Waals surface area contributed by atoms with Gasteiger partial charge in [0.25, 0.3) is 10.1 Å². The molecule has 0 radical (unpaired) electrons. The van der Waals surface area contributed by atoms with Crippen molar-refractivity contribution in [3.63, 3.8) is 0 Å². The van der Waals surface area contributed by atoms with Crippen molar-refractivity contribution in [3.8, 4) is 0 Å². The molecule has 1 aromatic carbocycles. The second-order valence-corrected chi connectivity index (χ2v) is 11.1. The highest BCUT2D eigenvalue weighted by Crippen LogP contribution is 2.16. The van der Waals surface area contributed by atoms with Gasteiger partial charge in [-0.1, -0.05) is 37.8 Å². The third-order valence-corrected chi connectivity index (χ3v) is 5.55. The maximum atomic E-state index is 11.3. The molecule has 0 saturated carbocycles. The van der Waals surface area contributed by atoms with Crippen LogP contribution in [0.5, 0.6) is 0 Å². The van der Waals surface area contributed by atoms with Crippen LogP contribution in [0, 0.1) is 6.92 Å². The molecule has 4 nitrogen and oxygen atoms in total. The molecule has 0 aliphatic rings. The lowest BCUT2D eigenvalue weighted by atomic mass is 10.2. The fraction of sp³-hybridized carbons (Fsp3) is 0.400. The van der Waals surface area contributed by atoms with Crippen LogP contribution in [0.25, 0.3) is 0 Å². The Kier molecular flexibility index (Phi) is 4.46. The highest BCUT2D eigenvalue weighted by atomic mass is 32.2. The quantitative estimate of drug-likeness (QED) is 0.636. The summed E-state index contributed by atoms with van der Waals surface area (Å²) in [4.78, 5) is 0.101. The summed E-state index contributed by atoms with van der Waals surface area (Å²) in [5.74, 6) is 0. The Bertz CT molecular complexity index is 474. The Morgan fingerprint density at radius 1 is 1.19 bits per heavy atom. The van der Waals surface area contributed by atoms with Crippen LogP contribution in [-0.2, 0) is 10.1 Å². The average molecular weight is 262 g/mol. The molecule has 0 amide bonds. The molecule has 0 atom stereocenters. The van der Waals surface area contributed by atoms with Gasteiger partial charge in [0, 0.05) is 0 Å². The first-order chi connectivity index (χ1) is 6.64. The van der Waals surface area contributed by atoms with Crippen LogP contribution in [0.3, 0.4) is 0 Å². The summed E-state index contributed by atoms with van der Waals surface area (Å²) in [6.45, 7) is 7.86. The molecule has 0 saturated heterocycles. The van der Waals surface area contributed by atoms with Crippen molar-refractivity contribution in [1.82, 2.24) is 0 Å². The average Bonchev–Trinajstić information content (AvgIpc) is 1.99. The zero-order valence-corrected chi connectivity index (χ0v) is 11.7. The fourth-order valence-corrected chi connectivity index (χ4v) is 5.19. The number of benzene rings is 1. The monoisotopic (exact) mass is 262 g/mol. The van der Waals surface area contributed by atoms with E-state index in [1.54, 1.807) is 19.1 Å². The Morgan fingerprint density at radius 2 is 1.69 bits per heavy atom. The Balaban J connectivity index is 0.00000225. The zero-order chi connectivity index (χ0) is 11.9. The van der Waals surface area contributed by atoms with E-state index in [2.05, 4.69) is 19.6 Å². The van der Waals surface area contributed by atoms with Crippen molar-refractivity contribution in [3.05, 3.63) is 23.8 Å². The van der Waals surface area contributed by atoms with E-state index >= 15 is 0 Å². The number of hydrogen-bond donors (Lipinski definition) is 1. The predicted molar refractivity (Wildman–Crippen MR) is 67.6 cm³/mol. The van der Waals surface area contributed by atoms with Crippen LogP contribution in [0.1, 0.15) is 5.56 Å². The lowest BCUT2D eigenvalue weighted by Gasteiger charge is -2.20. The fourth-order valence-electron chi connectivity index (χ4n) is 1.59. The minimum Gasteiger partial charge on any atom is -0.412 e. The molecule has 0 heterocycles. The Morgan fingerprint density at radius 3 is 2.00 bits per heavy atom. The van der Waals surface area contributed by atoms with E-state index in [1.165, 1.54) is 0 Å². The van der Waals surface area contributed by atoms with Crippen LogP contribution in [0.15, 0.2) is 23.1 Å². The highest BCUT2D eigenvalue weighted by Gasteiger charge is 2.26. The first-order valence-corrected chi connectivity index (χ1v) is 9.65. The maximum absolute atomic E-state index is 11.3. The molecule has 92 valence electrons. The summed E-state index contributed by atoms with van der Waals surface area (Å²) < 4.78 is 31.8. The SMILES string of the molecule is Cc1cccc([Si](C)(C)C)c1S(=O)(=O)O.O. The summed E-state index contributed by atoms with van der Waals surface area (Å²) in [7, 11) is -5.87. The van der Waals surface area contributed by atoms with Gasteiger partial charge >= 0.3 is 0 Å². The molecule has 0 spiro atoms. The van der Waals surface area contributed by atoms with Gasteiger partial charge in [-0.2, -0.15) is 8.42 Å². The molecular weight excluding hydrogens is 244 g/mol. The first kappa shape index (κ1) is 15.3. The van der Waals surface area contributed by atoms with E-state index in [0.717, 1.165) is 5.19 Å². The Labute approximate surface area is 97.4 Å². The standard InChI is InChI=1S/C10H16O3SSi.H2O/c1-8-6-5-7-9(15(2,3)4)10(8)14(11,12)13;/h5-7H,1-4H3,(H,11,12,13);1H2. The Hall–Kier alpha value is -0.693. The molecule has 0 fully saturated rings. The van der Waals surface area contributed by atoms with E-state index < -0.39 is 18.2 Å². The van der Waals surface area contributed by atoms with Crippen LogP contribution in [0.2, 0.25) is 19.6 Å². The van der Waals surface area contributed by atoms with Crippen LogP contribution < -0.4 is 5.19 Å². The molecule has 1 rings (SSSR count). The minimum atomic E-state index is -4.11. The first-order valence-electron chi connectivity index (χ1n) is 4.71.